The van der Waals surface area contributed by atoms with Crippen LogP contribution >= 0.6 is 11.6 Å². The van der Waals surface area contributed by atoms with Crippen molar-refractivity contribution in [2.75, 3.05) is 13.2 Å². The molecular weight excluding hydrogens is 252 g/mol. The molecule has 0 bridgehead atoms. The molecule has 1 atom stereocenters. The molecule has 0 spiro atoms. The number of hydrogen-bond donors (Lipinski definition) is 2. The third-order valence-corrected chi connectivity index (χ3v) is 2.82. The Bertz CT molecular complexity index is 410. The molecule has 5 heteroatoms. The summed E-state index contributed by atoms with van der Waals surface area (Å²) >= 11 is 6.09. The lowest BCUT2D eigenvalue weighted by molar-refractivity contribution is -0.119. The minimum absolute atomic E-state index is 0.164. The highest BCUT2D eigenvalue weighted by molar-refractivity contribution is 6.32. The third kappa shape index (κ3) is 4.55. The topological polar surface area (TPSA) is 64.3 Å². The Morgan fingerprint density at radius 1 is 1.56 bits per heavy atom. The van der Waals surface area contributed by atoms with E-state index in [0.29, 0.717) is 10.8 Å². The summed E-state index contributed by atoms with van der Waals surface area (Å²) < 4.78 is 5.19. The molecule has 0 saturated carbocycles. The Balaban J connectivity index is 2.69. The molecule has 0 aliphatic heterocycles. The van der Waals surface area contributed by atoms with Crippen molar-refractivity contribution in [3.63, 3.8) is 0 Å². The van der Waals surface area contributed by atoms with Crippen molar-refractivity contribution < 1.29 is 9.53 Å². The van der Waals surface area contributed by atoms with Crippen molar-refractivity contribution >= 4 is 17.5 Å². The second kappa shape index (κ2) is 7.24. The molecule has 18 heavy (non-hydrogen) atoms. The highest BCUT2D eigenvalue weighted by Gasteiger charge is 2.09. The van der Waals surface area contributed by atoms with E-state index in [9.17, 15) is 4.79 Å². The predicted octanol–water partition coefficient (Wildman–Crippen LogP) is 2.26. The standard InChI is InChI=1S/C13H19ClN2O2/c1-3-6-16-9(2)10-4-5-12(11(14)7-10)18-8-13(15)17/h4-5,7,9,16H,3,6,8H2,1-2H3,(H2,15,17). The molecule has 1 unspecified atom stereocenters. The van der Waals surface area contributed by atoms with Gasteiger partial charge in [0.1, 0.15) is 5.75 Å². The number of halogens is 1. The number of nitrogens with two attached hydrogens (primary N) is 1. The number of carbonyl (C=O) groups excluding carboxylic acids is 1. The van der Waals surface area contributed by atoms with Gasteiger partial charge in [0.05, 0.1) is 5.02 Å². The van der Waals surface area contributed by atoms with Gasteiger partial charge in [-0.3, -0.25) is 4.79 Å². The van der Waals surface area contributed by atoms with Crippen LogP contribution < -0.4 is 15.8 Å². The molecule has 3 N–H and O–H groups in total. The van der Waals surface area contributed by atoms with E-state index < -0.39 is 5.91 Å². The highest BCUT2D eigenvalue weighted by Crippen LogP contribution is 2.27. The molecule has 0 aromatic heterocycles. The summed E-state index contributed by atoms with van der Waals surface area (Å²) in [6, 6.07) is 5.75. The molecular formula is C13H19ClN2O2. The van der Waals surface area contributed by atoms with E-state index in [1.54, 1.807) is 6.07 Å². The minimum atomic E-state index is -0.520. The first-order valence-electron chi connectivity index (χ1n) is 5.98. The van der Waals surface area contributed by atoms with Crippen LogP contribution in [0.3, 0.4) is 0 Å². The number of ether oxygens (including phenoxy) is 1. The van der Waals surface area contributed by atoms with Crippen LogP contribution in [0.25, 0.3) is 0 Å². The summed E-state index contributed by atoms with van der Waals surface area (Å²) in [6.45, 7) is 4.99. The first kappa shape index (κ1) is 14.8. The van der Waals surface area contributed by atoms with Crippen molar-refractivity contribution in [3.8, 4) is 5.75 Å². The van der Waals surface area contributed by atoms with Crippen LogP contribution in [-0.4, -0.2) is 19.1 Å². The molecule has 1 amide bonds. The van der Waals surface area contributed by atoms with Gasteiger partial charge in [0.25, 0.3) is 5.91 Å². The Morgan fingerprint density at radius 2 is 2.28 bits per heavy atom. The van der Waals surface area contributed by atoms with E-state index in [4.69, 9.17) is 22.1 Å². The van der Waals surface area contributed by atoms with Crippen LogP contribution in [0.15, 0.2) is 18.2 Å². The Morgan fingerprint density at radius 3 is 2.83 bits per heavy atom. The van der Waals surface area contributed by atoms with Gasteiger partial charge in [-0.2, -0.15) is 0 Å². The minimum Gasteiger partial charge on any atom is -0.482 e. The van der Waals surface area contributed by atoms with Gasteiger partial charge >= 0.3 is 0 Å². The first-order chi connectivity index (χ1) is 8.54. The Kier molecular flexibility index (Phi) is 5.95. The molecule has 0 fully saturated rings. The maximum atomic E-state index is 10.6. The van der Waals surface area contributed by atoms with E-state index >= 15 is 0 Å². The van der Waals surface area contributed by atoms with Gasteiger partial charge in [-0.15, -0.1) is 0 Å². The van der Waals surface area contributed by atoms with Crippen LogP contribution in [0.1, 0.15) is 31.9 Å². The molecule has 1 rings (SSSR count). The van der Waals surface area contributed by atoms with Gasteiger partial charge in [0.2, 0.25) is 0 Å². The average molecular weight is 271 g/mol. The summed E-state index contributed by atoms with van der Waals surface area (Å²) in [5.41, 5.74) is 6.09. The molecule has 0 aliphatic carbocycles. The number of nitrogens with one attached hydrogen (secondary N) is 1. The molecule has 0 radical (unpaired) electrons. The zero-order chi connectivity index (χ0) is 13.5. The molecule has 1 aromatic carbocycles. The van der Waals surface area contributed by atoms with E-state index in [-0.39, 0.29) is 12.6 Å². The second-order valence-electron chi connectivity index (χ2n) is 4.12. The van der Waals surface area contributed by atoms with Crippen LogP contribution in [0.5, 0.6) is 5.75 Å². The summed E-state index contributed by atoms with van der Waals surface area (Å²) in [5, 5.41) is 3.86. The van der Waals surface area contributed by atoms with Crippen molar-refractivity contribution in [1.29, 1.82) is 0 Å². The number of rotatable bonds is 7. The fraction of sp³-hybridized carbons (Fsp3) is 0.462. The summed E-state index contributed by atoms with van der Waals surface area (Å²) in [7, 11) is 0. The smallest absolute Gasteiger partial charge is 0.255 e. The highest BCUT2D eigenvalue weighted by atomic mass is 35.5. The number of amides is 1. The zero-order valence-electron chi connectivity index (χ0n) is 10.7. The van der Waals surface area contributed by atoms with Gasteiger partial charge in [-0.1, -0.05) is 24.6 Å². The van der Waals surface area contributed by atoms with E-state index in [0.717, 1.165) is 18.5 Å². The normalized spacial score (nSPS) is 12.2. The Hall–Kier alpha value is -1.26. The third-order valence-electron chi connectivity index (χ3n) is 2.53. The van der Waals surface area contributed by atoms with Gasteiger partial charge in [0.15, 0.2) is 6.61 Å². The number of carbonyl (C=O) groups is 1. The first-order valence-corrected chi connectivity index (χ1v) is 6.36. The van der Waals surface area contributed by atoms with Crippen molar-refractivity contribution in [1.82, 2.24) is 5.32 Å². The summed E-state index contributed by atoms with van der Waals surface area (Å²) in [5.74, 6) is -0.0463. The van der Waals surface area contributed by atoms with Gasteiger partial charge in [0, 0.05) is 6.04 Å². The summed E-state index contributed by atoms with van der Waals surface area (Å²) in [6.07, 6.45) is 1.08. The van der Waals surface area contributed by atoms with Crippen LogP contribution in [0, 0.1) is 0 Å². The lowest BCUT2D eigenvalue weighted by Crippen LogP contribution is -2.20. The van der Waals surface area contributed by atoms with Gasteiger partial charge < -0.3 is 15.8 Å². The number of primary amides is 1. The summed E-state index contributed by atoms with van der Waals surface area (Å²) in [4.78, 5) is 10.6. The lowest BCUT2D eigenvalue weighted by atomic mass is 10.1. The monoisotopic (exact) mass is 270 g/mol. The number of hydrogen-bond acceptors (Lipinski definition) is 3. The lowest BCUT2D eigenvalue weighted by Gasteiger charge is -2.15. The van der Waals surface area contributed by atoms with Crippen molar-refractivity contribution in [2.45, 2.75) is 26.3 Å². The molecule has 0 aliphatic rings. The predicted molar refractivity (Wildman–Crippen MR) is 72.9 cm³/mol. The maximum Gasteiger partial charge on any atom is 0.255 e. The van der Waals surface area contributed by atoms with Crippen LogP contribution in [-0.2, 0) is 4.79 Å². The van der Waals surface area contributed by atoms with E-state index in [2.05, 4.69) is 19.2 Å². The molecule has 1 aromatic rings. The number of benzene rings is 1. The zero-order valence-corrected chi connectivity index (χ0v) is 11.5. The van der Waals surface area contributed by atoms with Crippen molar-refractivity contribution in [3.05, 3.63) is 28.8 Å². The van der Waals surface area contributed by atoms with E-state index in [1.807, 2.05) is 12.1 Å². The second-order valence-corrected chi connectivity index (χ2v) is 4.53. The van der Waals surface area contributed by atoms with Gasteiger partial charge in [-0.05, 0) is 37.6 Å². The van der Waals surface area contributed by atoms with Gasteiger partial charge in [-0.25, -0.2) is 0 Å². The SMILES string of the molecule is CCCNC(C)c1ccc(OCC(N)=O)c(Cl)c1. The van der Waals surface area contributed by atoms with Crippen LogP contribution in [0.2, 0.25) is 5.02 Å². The molecule has 0 saturated heterocycles. The molecule has 4 nitrogen and oxygen atoms in total. The fourth-order valence-corrected chi connectivity index (χ4v) is 1.77. The average Bonchev–Trinajstić information content (AvgIpc) is 2.34. The van der Waals surface area contributed by atoms with Crippen LogP contribution in [0.4, 0.5) is 0 Å². The largest absolute Gasteiger partial charge is 0.482 e. The quantitative estimate of drug-likeness (QED) is 0.799. The Labute approximate surface area is 112 Å². The molecule has 100 valence electrons. The maximum absolute atomic E-state index is 10.6. The van der Waals surface area contributed by atoms with Crippen molar-refractivity contribution in [2.24, 2.45) is 5.73 Å². The molecule has 0 heterocycles. The fourth-order valence-electron chi connectivity index (χ4n) is 1.53. The van der Waals surface area contributed by atoms with E-state index in [1.165, 1.54) is 0 Å².